The van der Waals surface area contributed by atoms with Gasteiger partial charge in [0.05, 0.1) is 17.9 Å². The minimum Gasteiger partial charge on any atom is -0.333 e. The van der Waals surface area contributed by atoms with Gasteiger partial charge in [-0.05, 0) is 44.9 Å². The summed E-state index contributed by atoms with van der Waals surface area (Å²) in [4.78, 5) is 30.1. The lowest BCUT2D eigenvalue weighted by molar-refractivity contribution is -0.131. The van der Waals surface area contributed by atoms with E-state index in [9.17, 15) is 9.59 Å². The molecule has 2 amide bonds. The molecule has 1 fully saturated rings. The molecular weight excluding hydrogens is 356 g/mol. The molecule has 0 atom stereocenters. The van der Waals surface area contributed by atoms with Gasteiger partial charge in [-0.15, -0.1) is 5.10 Å². The Kier molecular flexibility index (Phi) is 4.54. The first-order valence-corrected chi connectivity index (χ1v) is 9.30. The molecule has 0 aliphatic carbocycles. The van der Waals surface area contributed by atoms with E-state index in [-0.39, 0.29) is 18.4 Å². The van der Waals surface area contributed by atoms with Crippen molar-refractivity contribution in [1.82, 2.24) is 24.5 Å². The largest absolute Gasteiger partial charge is 0.333 e. The van der Waals surface area contributed by atoms with E-state index in [0.717, 1.165) is 40.3 Å². The molecule has 0 spiro atoms. The maximum absolute atomic E-state index is 12.3. The molecule has 0 unspecified atom stereocenters. The van der Waals surface area contributed by atoms with Gasteiger partial charge in [-0.2, -0.15) is 5.10 Å². The third-order valence-corrected chi connectivity index (χ3v) is 5.16. The van der Waals surface area contributed by atoms with Crippen molar-refractivity contribution < 1.29 is 9.59 Å². The van der Waals surface area contributed by atoms with Gasteiger partial charge in [-0.25, -0.2) is 4.98 Å². The lowest BCUT2D eigenvalue weighted by Gasteiger charge is -2.16. The van der Waals surface area contributed by atoms with Crippen molar-refractivity contribution in [3.8, 4) is 11.3 Å². The van der Waals surface area contributed by atoms with Gasteiger partial charge >= 0.3 is 0 Å². The highest BCUT2D eigenvalue weighted by atomic mass is 16.2. The fourth-order valence-electron chi connectivity index (χ4n) is 3.39. The molecule has 0 bridgehead atoms. The number of aryl methyl sites for hydroxylation is 3. The number of hydrogen-bond donors (Lipinski definition) is 1. The van der Waals surface area contributed by atoms with Gasteiger partial charge in [0, 0.05) is 36.1 Å². The number of carbonyl (C=O) groups is 2. The highest BCUT2D eigenvalue weighted by molar-refractivity contribution is 5.95. The number of fused-ring (bicyclic) bond motifs is 1. The van der Waals surface area contributed by atoms with Crippen molar-refractivity contribution in [1.29, 1.82) is 0 Å². The molecular formula is C20H22N6O2. The first-order chi connectivity index (χ1) is 13.4. The molecule has 28 heavy (non-hydrogen) atoms. The molecule has 4 rings (SSSR count). The number of benzene rings is 1. The maximum atomic E-state index is 12.3. The molecule has 1 saturated heterocycles. The average molecular weight is 378 g/mol. The normalized spacial score (nSPS) is 14.1. The quantitative estimate of drug-likeness (QED) is 0.752. The molecule has 3 heterocycles. The van der Waals surface area contributed by atoms with Crippen LogP contribution in [0.1, 0.15) is 29.8 Å². The smallest absolute Gasteiger partial charge is 0.254 e. The van der Waals surface area contributed by atoms with Gasteiger partial charge in [-0.1, -0.05) is 6.07 Å². The minimum atomic E-state index is -0.180. The van der Waals surface area contributed by atoms with Gasteiger partial charge in [0.1, 0.15) is 0 Å². The lowest BCUT2D eigenvalue weighted by Crippen LogP contribution is -2.34. The van der Waals surface area contributed by atoms with Crippen molar-refractivity contribution in [2.24, 2.45) is 0 Å². The number of hydrogen-bond acceptors (Lipinski definition) is 5. The first kappa shape index (κ1) is 18.1. The summed E-state index contributed by atoms with van der Waals surface area (Å²) in [6.07, 6.45) is 3.30. The molecule has 0 radical (unpaired) electrons. The highest BCUT2D eigenvalue weighted by Gasteiger charge is 2.22. The molecule has 0 saturated carbocycles. The average Bonchev–Trinajstić information content (AvgIpc) is 3.27. The molecule has 1 aliphatic heterocycles. The molecule has 1 aliphatic rings. The SMILES string of the molecule is Cc1cc(-c2cn3c(C)c(C)nnc3n2)ccc1NC(=O)CN1CCCC1=O. The third kappa shape index (κ3) is 3.33. The van der Waals surface area contributed by atoms with Crippen LogP contribution in [0.5, 0.6) is 0 Å². The topological polar surface area (TPSA) is 92.5 Å². The van der Waals surface area contributed by atoms with Crippen molar-refractivity contribution in [2.75, 3.05) is 18.4 Å². The summed E-state index contributed by atoms with van der Waals surface area (Å²) in [5, 5.41) is 11.2. The monoisotopic (exact) mass is 378 g/mol. The van der Waals surface area contributed by atoms with E-state index in [1.807, 2.05) is 49.6 Å². The lowest BCUT2D eigenvalue weighted by atomic mass is 10.1. The number of anilines is 1. The second kappa shape index (κ2) is 7.03. The molecule has 2 aromatic heterocycles. The van der Waals surface area contributed by atoms with Crippen LogP contribution in [-0.4, -0.2) is 49.4 Å². The highest BCUT2D eigenvalue weighted by Crippen LogP contribution is 2.25. The van der Waals surface area contributed by atoms with Crippen LogP contribution in [0.2, 0.25) is 0 Å². The summed E-state index contributed by atoms with van der Waals surface area (Å²) in [7, 11) is 0. The Balaban J connectivity index is 1.54. The predicted molar refractivity (Wildman–Crippen MR) is 105 cm³/mol. The molecule has 144 valence electrons. The number of likely N-dealkylation sites (tertiary alicyclic amines) is 1. The Morgan fingerprint density at radius 3 is 2.75 bits per heavy atom. The summed E-state index contributed by atoms with van der Waals surface area (Å²) in [5.74, 6) is 0.423. The number of amides is 2. The number of nitrogens with one attached hydrogen (secondary N) is 1. The zero-order chi connectivity index (χ0) is 19.8. The molecule has 8 nitrogen and oxygen atoms in total. The standard InChI is InChI=1S/C20H22N6O2/c1-12-9-15(17-10-26-14(3)13(2)23-24-20(26)22-17)6-7-16(12)21-18(27)11-25-8-4-5-19(25)28/h6-7,9-10H,4-5,8,11H2,1-3H3,(H,21,27). The number of nitrogens with zero attached hydrogens (tertiary/aromatic N) is 5. The van der Waals surface area contributed by atoms with Crippen LogP contribution in [0.4, 0.5) is 5.69 Å². The molecule has 8 heteroatoms. The van der Waals surface area contributed by atoms with Crippen molar-refractivity contribution in [3.63, 3.8) is 0 Å². The van der Waals surface area contributed by atoms with Gasteiger partial charge in [0.15, 0.2) is 0 Å². The number of imidazole rings is 1. The Morgan fingerprint density at radius 2 is 2.04 bits per heavy atom. The predicted octanol–water partition coefficient (Wildman–Crippen LogP) is 2.28. The molecule has 1 N–H and O–H groups in total. The number of carbonyl (C=O) groups excluding carboxylic acids is 2. The summed E-state index contributed by atoms with van der Waals surface area (Å²) in [6.45, 7) is 6.59. The van der Waals surface area contributed by atoms with Gasteiger partial charge in [-0.3, -0.25) is 14.0 Å². The molecule has 1 aromatic carbocycles. The zero-order valence-corrected chi connectivity index (χ0v) is 16.2. The van der Waals surface area contributed by atoms with Crippen molar-refractivity contribution in [3.05, 3.63) is 41.3 Å². The maximum Gasteiger partial charge on any atom is 0.254 e. The fraction of sp³-hybridized carbons (Fsp3) is 0.350. The van der Waals surface area contributed by atoms with Crippen LogP contribution >= 0.6 is 0 Å². The van der Waals surface area contributed by atoms with Crippen LogP contribution < -0.4 is 5.32 Å². The zero-order valence-electron chi connectivity index (χ0n) is 16.2. The summed E-state index contributed by atoms with van der Waals surface area (Å²) < 4.78 is 1.93. The Bertz CT molecular complexity index is 1090. The van der Waals surface area contributed by atoms with Crippen molar-refractivity contribution >= 4 is 23.3 Å². The fourth-order valence-corrected chi connectivity index (χ4v) is 3.39. The Morgan fingerprint density at radius 1 is 1.21 bits per heavy atom. The number of rotatable bonds is 4. The molecule has 3 aromatic rings. The third-order valence-electron chi connectivity index (χ3n) is 5.16. The van der Waals surface area contributed by atoms with Gasteiger partial charge in [0.2, 0.25) is 11.8 Å². The first-order valence-electron chi connectivity index (χ1n) is 9.30. The van der Waals surface area contributed by atoms with E-state index in [2.05, 4.69) is 20.5 Å². The second-order valence-electron chi connectivity index (χ2n) is 7.16. The van der Waals surface area contributed by atoms with Gasteiger partial charge in [0.25, 0.3) is 5.78 Å². The van der Waals surface area contributed by atoms with E-state index in [1.165, 1.54) is 0 Å². The number of aromatic nitrogens is 4. The minimum absolute atomic E-state index is 0.0442. The van der Waals surface area contributed by atoms with E-state index >= 15 is 0 Å². The summed E-state index contributed by atoms with van der Waals surface area (Å²) >= 11 is 0. The summed E-state index contributed by atoms with van der Waals surface area (Å²) in [5.41, 5.74) is 5.26. The second-order valence-corrected chi connectivity index (χ2v) is 7.16. The van der Waals surface area contributed by atoms with E-state index < -0.39 is 0 Å². The van der Waals surface area contributed by atoms with Crippen LogP contribution in [0.25, 0.3) is 17.0 Å². The van der Waals surface area contributed by atoms with Crippen LogP contribution in [0.3, 0.4) is 0 Å². The Hall–Kier alpha value is -3.29. The van der Waals surface area contributed by atoms with Crippen LogP contribution in [-0.2, 0) is 9.59 Å². The van der Waals surface area contributed by atoms with E-state index in [4.69, 9.17) is 0 Å². The Labute approximate surface area is 162 Å². The van der Waals surface area contributed by atoms with Crippen molar-refractivity contribution in [2.45, 2.75) is 33.6 Å². The van der Waals surface area contributed by atoms with E-state index in [0.29, 0.717) is 18.7 Å². The van der Waals surface area contributed by atoms with Crippen LogP contribution in [0, 0.1) is 20.8 Å². The van der Waals surface area contributed by atoms with E-state index in [1.54, 1.807) is 4.90 Å². The van der Waals surface area contributed by atoms with Crippen LogP contribution in [0.15, 0.2) is 24.4 Å². The summed E-state index contributed by atoms with van der Waals surface area (Å²) in [6, 6.07) is 5.76. The van der Waals surface area contributed by atoms with Gasteiger partial charge < -0.3 is 10.2 Å².